The Labute approximate surface area is 192 Å². The maximum absolute atomic E-state index is 12.1. The highest BCUT2D eigenvalue weighted by atomic mass is 16.5. The summed E-state index contributed by atoms with van der Waals surface area (Å²) in [6.07, 6.45) is 2.42. The molecule has 0 saturated heterocycles. The molecule has 0 aliphatic carbocycles. The van der Waals surface area contributed by atoms with Gasteiger partial charge in [0.15, 0.2) is 11.5 Å². The van der Waals surface area contributed by atoms with Gasteiger partial charge in [0.1, 0.15) is 6.54 Å². The zero-order valence-corrected chi connectivity index (χ0v) is 18.7. The van der Waals surface area contributed by atoms with Crippen LogP contribution in [0.1, 0.15) is 18.4 Å². The Balaban J connectivity index is 1.33. The molecule has 0 spiro atoms. The van der Waals surface area contributed by atoms with Crippen molar-refractivity contribution >= 4 is 28.6 Å². The van der Waals surface area contributed by atoms with Crippen LogP contribution in [0.25, 0.3) is 10.9 Å². The predicted molar refractivity (Wildman–Crippen MR) is 124 cm³/mol. The van der Waals surface area contributed by atoms with Crippen LogP contribution in [0.4, 0.5) is 0 Å². The van der Waals surface area contributed by atoms with Gasteiger partial charge in [0.05, 0.1) is 14.2 Å². The summed E-state index contributed by atoms with van der Waals surface area (Å²) >= 11 is 0. The molecular weight excluding hydrogens is 424 g/mol. The minimum absolute atomic E-state index is 0.0237. The Morgan fingerprint density at radius 1 is 0.848 bits per heavy atom. The SMILES string of the molecule is COc1ccc(CCNC(=O)CCC(=O)NNC(=O)Cn2ccc3ccccc32)cc1OC. The molecule has 2 aromatic carbocycles. The zero-order chi connectivity index (χ0) is 23.6. The first-order chi connectivity index (χ1) is 16.0. The average Bonchev–Trinajstić information content (AvgIpc) is 3.24. The third kappa shape index (κ3) is 6.73. The summed E-state index contributed by atoms with van der Waals surface area (Å²) in [5, 5.41) is 3.82. The number of fused-ring (bicyclic) bond motifs is 1. The van der Waals surface area contributed by atoms with E-state index in [9.17, 15) is 14.4 Å². The Hall–Kier alpha value is -4.01. The monoisotopic (exact) mass is 452 g/mol. The van der Waals surface area contributed by atoms with Crippen molar-refractivity contribution in [2.75, 3.05) is 20.8 Å². The summed E-state index contributed by atoms with van der Waals surface area (Å²) < 4.78 is 12.3. The lowest BCUT2D eigenvalue weighted by molar-refractivity contribution is -0.130. The van der Waals surface area contributed by atoms with Crippen LogP contribution in [0.3, 0.4) is 0 Å². The Kier molecular flexibility index (Phi) is 8.29. The first-order valence-corrected chi connectivity index (χ1v) is 10.6. The van der Waals surface area contributed by atoms with Crippen LogP contribution in [0, 0.1) is 0 Å². The molecule has 1 heterocycles. The van der Waals surface area contributed by atoms with Crippen molar-refractivity contribution in [2.45, 2.75) is 25.8 Å². The minimum atomic E-state index is -0.434. The molecule has 1 aromatic heterocycles. The van der Waals surface area contributed by atoms with E-state index in [0.29, 0.717) is 24.5 Å². The van der Waals surface area contributed by atoms with Gasteiger partial charge in [-0.05, 0) is 41.6 Å². The van der Waals surface area contributed by atoms with E-state index in [-0.39, 0.29) is 31.2 Å². The number of rotatable bonds is 10. The molecule has 33 heavy (non-hydrogen) atoms. The lowest BCUT2D eigenvalue weighted by Gasteiger charge is -2.10. The quantitative estimate of drug-likeness (QED) is 0.407. The molecule has 0 unspecified atom stereocenters. The summed E-state index contributed by atoms with van der Waals surface area (Å²) in [7, 11) is 3.14. The number of hydrogen-bond acceptors (Lipinski definition) is 5. The van der Waals surface area contributed by atoms with E-state index in [2.05, 4.69) is 16.2 Å². The minimum Gasteiger partial charge on any atom is -0.493 e. The fourth-order valence-corrected chi connectivity index (χ4v) is 3.37. The van der Waals surface area contributed by atoms with Gasteiger partial charge >= 0.3 is 0 Å². The first-order valence-electron chi connectivity index (χ1n) is 10.6. The van der Waals surface area contributed by atoms with Crippen molar-refractivity contribution in [3.63, 3.8) is 0 Å². The average molecular weight is 453 g/mol. The molecule has 0 radical (unpaired) electrons. The Bertz CT molecular complexity index is 1120. The maximum atomic E-state index is 12.1. The summed E-state index contributed by atoms with van der Waals surface area (Å²) in [6, 6.07) is 15.2. The van der Waals surface area contributed by atoms with Crippen molar-refractivity contribution in [1.29, 1.82) is 0 Å². The number of nitrogens with zero attached hydrogens (tertiary/aromatic N) is 1. The molecule has 9 heteroatoms. The van der Waals surface area contributed by atoms with Gasteiger partial charge in [-0.15, -0.1) is 0 Å². The van der Waals surface area contributed by atoms with E-state index < -0.39 is 5.91 Å². The van der Waals surface area contributed by atoms with E-state index in [1.807, 2.05) is 54.7 Å². The molecule has 3 aromatic rings. The standard InChI is InChI=1S/C24H28N4O5/c1-32-20-8-7-17(15-21(20)33-2)11-13-25-22(29)9-10-23(30)26-27-24(31)16-28-14-12-18-5-3-4-6-19(18)28/h3-8,12,14-15H,9-11,13,16H2,1-2H3,(H,25,29)(H,26,30)(H,27,31). The highest BCUT2D eigenvalue weighted by Gasteiger charge is 2.10. The second-order valence-electron chi connectivity index (χ2n) is 7.39. The fourth-order valence-electron chi connectivity index (χ4n) is 3.37. The van der Waals surface area contributed by atoms with Crippen LogP contribution in [0.15, 0.2) is 54.7 Å². The Morgan fingerprint density at radius 3 is 2.36 bits per heavy atom. The van der Waals surface area contributed by atoms with Crippen LogP contribution in [-0.4, -0.2) is 43.1 Å². The van der Waals surface area contributed by atoms with E-state index in [1.54, 1.807) is 18.8 Å². The molecule has 0 saturated carbocycles. The number of carbonyl (C=O) groups excluding carboxylic acids is 3. The maximum Gasteiger partial charge on any atom is 0.258 e. The van der Waals surface area contributed by atoms with Crippen molar-refractivity contribution in [3.8, 4) is 11.5 Å². The molecule has 3 N–H and O–H groups in total. The number of amides is 3. The fraction of sp³-hybridized carbons (Fsp3) is 0.292. The van der Waals surface area contributed by atoms with Crippen LogP contribution in [0.5, 0.6) is 11.5 Å². The van der Waals surface area contributed by atoms with Crippen LogP contribution in [-0.2, 0) is 27.3 Å². The number of para-hydroxylation sites is 1. The van der Waals surface area contributed by atoms with Crippen molar-refractivity contribution < 1.29 is 23.9 Å². The smallest absolute Gasteiger partial charge is 0.258 e. The van der Waals surface area contributed by atoms with Gasteiger partial charge in [0.2, 0.25) is 11.8 Å². The lowest BCUT2D eigenvalue weighted by atomic mass is 10.1. The van der Waals surface area contributed by atoms with Gasteiger partial charge in [-0.3, -0.25) is 25.2 Å². The first kappa shape index (κ1) is 23.6. The highest BCUT2D eigenvalue weighted by Crippen LogP contribution is 2.27. The second kappa shape index (κ2) is 11.6. The zero-order valence-electron chi connectivity index (χ0n) is 18.7. The van der Waals surface area contributed by atoms with E-state index in [0.717, 1.165) is 16.5 Å². The number of aromatic nitrogens is 1. The molecular formula is C24H28N4O5. The van der Waals surface area contributed by atoms with E-state index in [1.165, 1.54) is 0 Å². The number of benzene rings is 2. The molecule has 9 nitrogen and oxygen atoms in total. The van der Waals surface area contributed by atoms with Crippen LogP contribution < -0.4 is 25.6 Å². The van der Waals surface area contributed by atoms with Crippen molar-refractivity contribution in [1.82, 2.24) is 20.7 Å². The summed E-state index contributed by atoms with van der Waals surface area (Å²) in [6.45, 7) is 0.502. The van der Waals surface area contributed by atoms with Crippen molar-refractivity contribution in [2.24, 2.45) is 0 Å². The van der Waals surface area contributed by atoms with E-state index >= 15 is 0 Å². The molecule has 0 aliphatic heterocycles. The van der Waals surface area contributed by atoms with Crippen LogP contribution in [0.2, 0.25) is 0 Å². The van der Waals surface area contributed by atoms with Crippen LogP contribution >= 0.6 is 0 Å². The van der Waals surface area contributed by atoms with Gasteiger partial charge in [0.25, 0.3) is 5.91 Å². The summed E-state index contributed by atoms with van der Waals surface area (Å²) in [4.78, 5) is 36.1. The largest absolute Gasteiger partial charge is 0.493 e. The molecule has 0 aliphatic rings. The van der Waals surface area contributed by atoms with Gasteiger partial charge in [-0.1, -0.05) is 24.3 Å². The second-order valence-corrected chi connectivity index (χ2v) is 7.39. The molecule has 0 atom stereocenters. The molecule has 0 fully saturated rings. The Morgan fingerprint density at radius 2 is 1.58 bits per heavy atom. The van der Waals surface area contributed by atoms with Gasteiger partial charge in [-0.25, -0.2) is 0 Å². The lowest BCUT2D eigenvalue weighted by Crippen LogP contribution is -2.43. The topological polar surface area (TPSA) is 111 Å². The third-order valence-electron chi connectivity index (χ3n) is 5.10. The van der Waals surface area contributed by atoms with Gasteiger partial charge in [-0.2, -0.15) is 0 Å². The van der Waals surface area contributed by atoms with E-state index in [4.69, 9.17) is 9.47 Å². The number of hydrazine groups is 1. The summed E-state index contributed by atoms with van der Waals surface area (Å²) in [5.74, 6) is 0.241. The molecule has 3 amide bonds. The normalized spacial score (nSPS) is 10.5. The number of carbonyl (C=O) groups is 3. The number of ether oxygens (including phenoxy) is 2. The number of nitrogens with one attached hydrogen (secondary N) is 3. The number of methoxy groups -OCH3 is 2. The summed E-state index contributed by atoms with van der Waals surface area (Å²) in [5.41, 5.74) is 6.65. The highest BCUT2D eigenvalue weighted by molar-refractivity contribution is 5.86. The van der Waals surface area contributed by atoms with Crippen molar-refractivity contribution in [3.05, 3.63) is 60.3 Å². The van der Waals surface area contributed by atoms with Gasteiger partial charge < -0.3 is 19.4 Å². The van der Waals surface area contributed by atoms with Gasteiger partial charge in [0, 0.05) is 31.1 Å². The predicted octanol–water partition coefficient (Wildman–Crippen LogP) is 1.95. The number of hydrogen-bond donors (Lipinski definition) is 3. The molecule has 3 rings (SSSR count). The molecule has 174 valence electrons. The third-order valence-corrected chi connectivity index (χ3v) is 5.10. The molecule has 0 bridgehead atoms.